The molecule has 0 amide bonds. The number of fused-ring (bicyclic) bond motifs is 1. The molecule has 1 atom stereocenters. The normalized spacial score (nSPS) is 21.8. The maximum absolute atomic E-state index is 5.70. The highest BCUT2D eigenvalue weighted by Crippen LogP contribution is 2.36. The summed E-state index contributed by atoms with van der Waals surface area (Å²) >= 11 is 0. The second-order valence-electron chi connectivity index (χ2n) is 5.20. The Labute approximate surface area is 114 Å². The molecular weight excluding hydrogens is 238 g/mol. The van der Waals surface area contributed by atoms with Gasteiger partial charge in [0, 0.05) is 11.6 Å². The van der Waals surface area contributed by atoms with E-state index in [4.69, 9.17) is 4.74 Å². The van der Waals surface area contributed by atoms with Crippen molar-refractivity contribution >= 4 is 11.6 Å². The van der Waals surface area contributed by atoms with Crippen LogP contribution >= 0.6 is 0 Å². The lowest BCUT2D eigenvalue weighted by atomic mass is 9.93. The molecule has 1 unspecified atom stereocenters. The number of rotatable bonds is 3. The SMILES string of the molecule is CCOc1cccc2c1NC(NC1CCC1)=NC2C. The Morgan fingerprint density at radius 2 is 2.26 bits per heavy atom. The van der Waals surface area contributed by atoms with Crippen LogP contribution in [0, 0.1) is 0 Å². The van der Waals surface area contributed by atoms with Gasteiger partial charge in [0.1, 0.15) is 5.75 Å². The minimum Gasteiger partial charge on any atom is -0.492 e. The topological polar surface area (TPSA) is 45.6 Å². The second kappa shape index (κ2) is 5.11. The molecule has 0 spiro atoms. The predicted octanol–water partition coefficient (Wildman–Crippen LogP) is 3.07. The van der Waals surface area contributed by atoms with Gasteiger partial charge >= 0.3 is 0 Å². The number of nitrogens with one attached hydrogen (secondary N) is 2. The Morgan fingerprint density at radius 1 is 1.42 bits per heavy atom. The molecule has 0 bridgehead atoms. The summed E-state index contributed by atoms with van der Waals surface area (Å²) < 4.78 is 5.70. The number of benzene rings is 1. The van der Waals surface area contributed by atoms with Crippen molar-refractivity contribution in [2.24, 2.45) is 4.99 Å². The Balaban J connectivity index is 1.83. The Hall–Kier alpha value is -1.71. The molecule has 0 radical (unpaired) electrons. The number of para-hydroxylation sites is 1. The summed E-state index contributed by atoms with van der Waals surface area (Å²) in [5.74, 6) is 1.80. The molecule has 4 heteroatoms. The lowest BCUT2D eigenvalue weighted by Gasteiger charge is -2.31. The van der Waals surface area contributed by atoms with Crippen LogP contribution in [-0.4, -0.2) is 18.6 Å². The van der Waals surface area contributed by atoms with E-state index in [9.17, 15) is 0 Å². The minimum atomic E-state index is 0.166. The van der Waals surface area contributed by atoms with Crippen molar-refractivity contribution in [1.29, 1.82) is 0 Å². The third-order valence-electron chi connectivity index (χ3n) is 3.82. The fraction of sp³-hybridized carbons (Fsp3) is 0.533. The molecule has 1 saturated carbocycles. The quantitative estimate of drug-likeness (QED) is 0.877. The number of nitrogens with zero attached hydrogens (tertiary/aromatic N) is 1. The molecule has 2 N–H and O–H groups in total. The van der Waals surface area contributed by atoms with E-state index >= 15 is 0 Å². The van der Waals surface area contributed by atoms with Crippen LogP contribution in [-0.2, 0) is 0 Å². The molecule has 2 aliphatic rings. The van der Waals surface area contributed by atoms with Gasteiger partial charge in [-0.15, -0.1) is 0 Å². The molecule has 1 aliphatic carbocycles. The minimum absolute atomic E-state index is 0.166. The van der Waals surface area contributed by atoms with Crippen LogP contribution in [0.5, 0.6) is 5.75 Å². The average Bonchev–Trinajstić information content (AvgIpc) is 2.35. The molecular formula is C15H21N3O. The zero-order valence-electron chi connectivity index (χ0n) is 11.6. The summed E-state index contributed by atoms with van der Waals surface area (Å²) in [6.45, 7) is 4.81. The molecule has 1 aromatic rings. The van der Waals surface area contributed by atoms with Gasteiger partial charge in [-0.1, -0.05) is 12.1 Å². The highest BCUT2D eigenvalue weighted by molar-refractivity contribution is 5.98. The van der Waals surface area contributed by atoms with Crippen molar-refractivity contribution in [3.63, 3.8) is 0 Å². The number of hydrogen-bond acceptors (Lipinski definition) is 4. The van der Waals surface area contributed by atoms with Gasteiger partial charge in [0.15, 0.2) is 5.96 Å². The van der Waals surface area contributed by atoms with Crippen molar-refractivity contribution in [3.8, 4) is 5.75 Å². The lowest BCUT2D eigenvalue weighted by Crippen LogP contribution is -2.44. The molecule has 3 rings (SSSR count). The first kappa shape index (κ1) is 12.3. The fourth-order valence-electron chi connectivity index (χ4n) is 2.54. The molecule has 0 saturated heterocycles. The zero-order chi connectivity index (χ0) is 13.2. The van der Waals surface area contributed by atoms with Crippen molar-refractivity contribution < 1.29 is 4.74 Å². The number of guanidine groups is 1. The second-order valence-corrected chi connectivity index (χ2v) is 5.20. The van der Waals surface area contributed by atoms with E-state index < -0.39 is 0 Å². The molecule has 1 heterocycles. The van der Waals surface area contributed by atoms with E-state index in [0.717, 1.165) is 17.4 Å². The van der Waals surface area contributed by atoms with Gasteiger partial charge < -0.3 is 15.4 Å². The van der Waals surface area contributed by atoms with Gasteiger partial charge in [-0.3, -0.25) is 0 Å². The Bertz CT molecular complexity index is 494. The van der Waals surface area contributed by atoms with Crippen molar-refractivity contribution in [2.75, 3.05) is 11.9 Å². The standard InChI is InChI=1S/C15H21N3O/c1-3-19-13-9-5-8-12-10(2)16-15(18-14(12)13)17-11-6-4-7-11/h5,8-11H,3-4,6-7H2,1-2H3,(H2,16,17,18). The number of aliphatic imine (C=N–C) groups is 1. The third-order valence-corrected chi connectivity index (χ3v) is 3.82. The van der Waals surface area contributed by atoms with Crippen LogP contribution in [0.15, 0.2) is 23.2 Å². The molecule has 102 valence electrons. The van der Waals surface area contributed by atoms with Crippen molar-refractivity contribution in [1.82, 2.24) is 5.32 Å². The summed E-state index contributed by atoms with van der Waals surface area (Å²) in [4.78, 5) is 4.69. The van der Waals surface area contributed by atoms with Crippen LogP contribution in [0.4, 0.5) is 5.69 Å². The highest BCUT2D eigenvalue weighted by Gasteiger charge is 2.24. The smallest absolute Gasteiger partial charge is 0.196 e. The molecule has 0 aromatic heterocycles. The van der Waals surface area contributed by atoms with Gasteiger partial charge in [0.05, 0.1) is 18.3 Å². The lowest BCUT2D eigenvalue weighted by molar-refractivity contribution is 0.341. The van der Waals surface area contributed by atoms with Crippen LogP contribution < -0.4 is 15.4 Å². The highest BCUT2D eigenvalue weighted by atomic mass is 16.5. The van der Waals surface area contributed by atoms with Gasteiger partial charge in [-0.05, 0) is 39.2 Å². The fourth-order valence-corrected chi connectivity index (χ4v) is 2.54. The van der Waals surface area contributed by atoms with Crippen LogP contribution in [0.2, 0.25) is 0 Å². The van der Waals surface area contributed by atoms with E-state index in [1.165, 1.54) is 24.8 Å². The van der Waals surface area contributed by atoms with Gasteiger partial charge in [-0.2, -0.15) is 0 Å². The molecule has 1 fully saturated rings. The number of hydrogen-bond donors (Lipinski definition) is 2. The monoisotopic (exact) mass is 259 g/mol. The molecule has 4 nitrogen and oxygen atoms in total. The summed E-state index contributed by atoms with van der Waals surface area (Å²) in [5.41, 5.74) is 2.26. The largest absolute Gasteiger partial charge is 0.492 e. The first-order valence-corrected chi connectivity index (χ1v) is 7.15. The van der Waals surface area contributed by atoms with Crippen LogP contribution in [0.25, 0.3) is 0 Å². The summed E-state index contributed by atoms with van der Waals surface area (Å²) in [7, 11) is 0. The molecule has 19 heavy (non-hydrogen) atoms. The third kappa shape index (κ3) is 2.39. The molecule has 1 aromatic carbocycles. The van der Waals surface area contributed by atoms with E-state index in [1.54, 1.807) is 0 Å². The predicted molar refractivity (Wildman–Crippen MR) is 77.9 cm³/mol. The maximum Gasteiger partial charge on any atom is 0.196 e. The van der Waals surface area contributed by atoms with E-state index in [-0.39, 0.29) is 6.04 Å². The number of anilines is 1. The Morgan fingerprint density at radius 3 is 2.95 bits per heavy atom. The van der Waals surface area contributed by atoms with E-state index in [1.807, 2.05) is 19.1 Å². The Kier molecular flexibility index (Phi) is 3.32. The zero-order valence-corrected chi connectivity index (χ0v) is 11.6. The summed E-state index contributed by atoms with van der Waals surface area (Å²) in [5, 5.41) is 6.87. The van der Waals surface area contributed by atoms with Gasteiger partial charge in [0.2, 0.25) is 0 Å². The van der Waals surface area contributed by atoms with Crippen molar-refractivity contribution in [2.45, 2.75) is 45.2 Å². The summed E-state index contributed by atoms with van der Waals surface area (Å²) in [6, 6.07) is 6.90. The van der Waals surface area contributed by atoms with Crippen LogP contribution in [0.3, 0.4) is 0 Å². The average molecular weight is 259 g/mol. The maximum atomic E-state index is 5.70. The van der Waals surface area contributed by atoms with Crippen molar-refractivity contribution in [3.05, 3.63) is 23.8 Å². The first-order valence-electron chi connectivity index (χ1n) is 7.15. The van der Waals surface area contributed by atoms with E-state index in [2.05, 4.69) is 28.6 Å². The van der Waals surface area contributed by atoms with Gasteiger partial charge in [-0.25, -0.2) is 4.99 Å². The number of ether oxygens (including phenoxy) is 1. The summed E-state index contributed by atoms with van der Waals surface area (Å²) in [6.07, 6.45) is 3.81. The van der Waals surface area contributed by atoms with Gasteiger partial charge in [0.25, 0.3) is 0 Å². The first-order chi connectivity index (χ1) is 9.28. The molecule has 1 aliphatic heterocycles. The van der Waals surface area contributed by atoms with Crippen LogP contribution in [0.1, 0.15) is 44.7 Å². The van der Waals surface area contributed by atoms with E-state index in [0.29, 0.717) is 12.6 Å².